The Balaban J connectivity index is 1.83. The first-order valence-electron chi connectivity index (χ1n) is 10.5. The first kappa shape index (κ1) is 23.8. The van der Waals surface area contributed by atoms with Crippen LogP contribution in [0.25, 0.3) is 0 Å². The lowest BCUT2D eigenvalue weighted by molar-refractivity contribution is -0.137. The van der Waals surface area contributed by atoms with Crippen molar-refractivity contribution in [2.45, 2.75) is 12.7 Å². The van der Waals surface area contributed by atoms with Crippen molar-refractivity contribution >= 4 is 17.3 Å². The number of benzodiazepines with no additional fused rings is 1. The normalized spacial score (nSPS) is 13.4. The van der Waals surface area contributed by atoms with Gasteiger partial charge in [-0.25, -0.2) is 0 Å². The largest absolute Gasteiger partial charge is 0.493 e. The molecule has 3 aromatic rings. The van der Waals surface area contributed by atoms with E-state index in [1.165, 1.54) is 31.3 Å². The molecule has 0 unspecified atom stereocenters. The molecule has 0 radical (unpaired) electrons. The van der Waals surface area contributed by atoms with E-state index in [2.05, 4.69) is 11.1 Å². The highest BCUT2D eigenvalue weighted by molar-refractivity contribution is 6.20. The van der Waals surface area contributed by atoms with Gasteiger partial charge in [-0.1, -0.05) is 24.3 Å². The van der Waals surface area contributed by atoms with Crippen molar-refractivity contribution in [3.05, 3.63) is 88.5 Å². The van der Waals surface area contributed by atoms with Crippen molar-refractivity contribution in [1.29, 1.82) is 5.26 Å². The smallest absolute Gasteiger partial charge is 0.416 e. The maximum Gasteiger partial charge on any atom is 0.416 e. The van der Waals surface area contributed by atoms with Gasteiger partial charge in [0, 0.05) is 17.2 Å². The number of nitrogens with zero attached hydrogens (tertiary/aromatic N) is 3. The van der Waals surface area contributed by atoms with Gasteiger partial charge in [0.25, 0.3) is 0 Å². The highest BCUT2D eigenvalue weighted by atomic mass is 19.4. The summed E-state index contributed by atoms with van der Waals surface area (Å²) in [6.07, 6.45) is -4.45. The third-order valence-corrected chi connectivity index (χ3v) is 5.61. The van der Waals surface area contributed by atoms with E-state index < -0.39 is 11.7 Å². The van der Waals surface area contributed by atoms with Gasteiger partial charge in [0.05, 0.1) is 49.4 Å². The van der Waals surface area contributed by atoms with Crippen LogP contribution in [-0.2, 0) is 17.5 Å². The van der Waals surface area contributed by atoms with E-state index in [1.807, 2.05) is 0 Å². The number of hydrogen-bond acceptors (Lipinski definition) is 5. The summed E-state index contributed by atoms with van der Waals surface area (Å²) in [5.74, 6) is 0.451. The average Bonchev–Trinajstić information content (AvgIpc) is 2.99. The van der Waals surface area contributed by atoms with E-state index in [-0.39, 0.29) is 19.0 Å². The molecule has 35 heavy (non-hydrogen) atoms. The Kier molecular flexibility index (Phi) is 6.47. The molecule has 6 nitrogen and oxygen atoms in total. The van der Waals surface area contributed by atoms with Crippen LogP contribution in [0.15, 0.2) is 65.7 Å². The Morgan fingerprint density at radius 1 is 1.03 bits per heavy atom. The quantitative estimate of drug-likeness (QED) is 0.518. The molecule has 0 bridgehead atoms. The molecule has 1 aliphatic heterocycles. The van der Waals surface area contributed by atoms with Gasteiger partial charge >= 0.3 is 6.18 Å². The van der Waals surface area contributed by atoms with Crippen LogP contribution < -0.4 is 14.4 Å². The van der Waals surface area contributed by atoms with Crippen molar-refractivity contribution in [1.82, 2.24) is 0 Å². The molecule has 1 amide bonds. The maximum atomic E-state index is 13.2. The lowest BCUT2D eigenvalue weighted by Crippen LogP contribution is -2.32. The predicted molar refractivity (Wildman–Crippen MR) is 124 cm³/mol. The lowest BCUT2D eigenvalue weighted by atomic mass is 9.98. The van der Waals surface area contributed by atoms with Crippen molar-refractivity contribution in [2.24, 2.45) is 4.99 Å². The van der Waals surface area contributed by atoms with E-state index in [9.17, 15) is 23.2 Å². The summed E-state index contributed by atoms with van der Waals surface area (Å²) in [5, 5.41) is 9.32. The minimum absolute atomic E-state index is 0.0283. The number of hydrogen-bond donors (Lipinski definition) is 0. The second kappa shape index (κ2) is 9.50. The second-order valence-electron chi connectivity index (χ2n) is 7.76. The van der Waals surface area contributed by atoms with Gasteiger partial charge in [0.1, 0.15) is 6.54 Å². The van der Waals surface area contributed by atoms with Crippen LogP contribution >= 0.6 is 0 Å². The molecule has 0 aromatic heterocycles. The highest BCUT2D eigenvalue weighted by Crippen LogP contribution is 2.38. The summed E-state index contributed by atoms with van der Waals surface area (Å²) in [5.41, 5.74) is 2.34. The molecule has 0 aliphatic carbocycles. The van der Waals surface area contributed by atoms with Crippen LogP contribution in [-0.4, -0.2) is 32.4 Å². The Morgan fingerprint density at radius 3 is 2.34 bits per heavy atom. The third kappa shape index (κ3) is 4.82. The molecule has 0 spiro atoms. The molecule has 0 saturated heterocycles. The lowest BCUT2D eigenvalue weighted by Gasteiger charge is -2.25. The van der Waals surface area contributed by atoms with E-state index >= 15 is 0 Å². The number of methoxy groups -OCH3 is 2. The SMILES string of the molecule is COc1cc2c(cc1OC)N(Cc1ccc(C(F)(F)F)cc1)C(=O)CN=C2c1cccc(C#N)c1. The third-order valence-electron chi connectivity index (χ3n) is 5.61. The minimum atomic E-state index is -4.45. The van der Waals surface area contributed by atoms with Gasteiger partial charge in [-0.05, 0) is 35.9 Å². The molecule has 3 aromatic carbocycles. The summed E-state index contributed by atoms with van der Waals surface area (Å²) >= 11 is 0. The second-order valence-corrected chi connectivity index (χ2v) is 7.76. The van der Waals surface area contributed by atoms with Gasteiger partial charge in [-0.2, -0.15) is 18.4 Å². The van der Waals surface area contributed by atoms with Crippen LogP contribution in [0.3, 0.4) is 0 Å². The Hall–Kier alpha value is -4.32. The Morgan fingerprint density at radius 2 is 1.71 bits per heavy atom. The summed E-state index contributed by atoms with van der Waals surface area (Å²) in [6, 6.07) is 17.0. The fraction of sp³-hybridized carbons (Fsp3) is 0.192. The van der Waals surface area contributed by atoms with Crippen LogP contribution in [0.5, 0.6) is 11.5 Å². The number of benzene rings is 3. The molecular weight excluding hydrogens is 459 g/mol. The Bertz CT molecular complexity index is 1340. The molecule has 1 heterocycles. The van der Waals surface area contributed by atoms with E-state index in [1.54, 1.807) is 36.4 Å². The van der Waals surface area contributed by atoms with Crippen LogP contribution in [0.2, 0.25) is 0 Å². The topological polar surface area (TPSA) is 74.9 Å². The first-order valence-corrected chi connectivity index (χ1v) is 10.5. The number of carbonyl (C=O) groups is 1. The van der Waals surface area contributed by atoms with E-state index in [0.717, 1.165) is 12.1 Å². The van der Waals surface area contributed by atoms with E-state index in [4.69, 9.17) is 9.47 Å². The van der Waals surface area contributed by atoms with Crippen LogP contribution in [0, 0.1) is 11.3 Å². The van der Waals surface area contributed by atoms with Gasteiger partial charge < -0.3 is 14.4 Å². The Labute approximate surface area is 199 Å². The minimum Gasteiger partial charge on any atom is -0.493 e. The highest BCUT2D eigenvalue weighted by Gasteiger charge is 2.31. The molecule has 178 valence electrons. The summed E-state index contributed by atoms with van der Waals surface area (Å²) in [4.78, 5) is 19.2. The molecule has 0 N–H and O–H groups in total. The fourth-order valence-electron chi connectivity index (χ4n) is 3.87. The van der Waals surface area contributed by atoms with Crippen molar-refractivity contribution in [3.8, 4) is 17.6 Å². The maximum absolute atomic E-state index is 13.2. The fourth-order valence-corrected chi connectivity index (χ4v) is 3.87. The molecular formula is C26H20F3N3O3. The van der Waals surface area contributed by atoms with Crippen molar-refractivity contribution < 1.29 is 27.4 Å². The zero-order valence-electron chi connectivity index (χ0n) is 18.9. The number of halogens is 3. The van der Waals surface area contributed by atoms with E-state index in [0.29, 0.717) is 45.2 Å². The summed E-state index contributed by atoms with van der Waals surface area (Å²) in [7, 11) is 2.95. The van der Waals surface area contributed by atoms with Crippen LogP contribution in [0.1, 0.15) is 27.8 Å². The zero-order chi connectivity index (χ0) is 25.2. The number of ether oxygens (including phenoxy) is 2. The molecule has 0 fully saturated rings. The molecule has 9 heteroatoms. The van der Waals surface area contributed by atoms with Crippen LogP contribution in [0.4, 0.5) is 18.9 Å². The average molecular weight is 479 g/mol. The summed E-state index contributed by atoms with van der Waals surface area (Å²) < 4.78 is 49.8. The molecule has 0 saturated carbocycles. The van der Waals surface area contributed by atoms with Crippen molar-refractivity contribution in [2.75, 3.05) is 25.7 Å². The summed E-state index contributed by atoms with van der Waals surface area (Å²) in [6.45, 7) is -0.160. The monoisotopic (exact) mass is 479 g/mol. The zero-order valence-corrected chi connectivity index (χ0v) is 18.9. The number of carbonyl (C=O) groups excluding carboxylic acids is 1. The van der Waals surface area contributed by atoms with Gasteiger partial charge in [-0.3, -0.25) is 9.79 Å². The number of rotatable bonds is 5. The number of alkyl halides is 3. The van der Waals surface area contributed by atoms with Gasteiger partial charge in [0.2, 0.25) is 5.91 Å². The number of amides is 1. The predicted octanol–water partition coefficient (Wildman–Crippen LogP) is 4.98. The van der Waals surface area contributed by atoms with Crippen molar-refractivity contribution in [3.63, 3.8) is 0 Å². The first-order chi connectivity index (χ1) is 16.7. The number of aliphatic imine (C=N–C) groups is 1. The van der Waals surface area contributed by atoms with Gasteiger partial charge in [0.15, 0.2) is 11.5 Å². The number of fused-ring (bicyclic) bond motifs is 1. The molecule has 1 aliphatic rings. The molecule has 0 atom stereocenters. The van der Waals surface area contributed by atoms with Gasteiger partial charge in [-0.15, -0.1) is 0 Å². The number of anilines is 1. The molecule has 4 rings (SSSR count). The number of nitriles is 1. The standard InChI is InChI=1S/C26H20F3N3O3/c1-34-22-11-20-21(12-23(22)35-2)32(15-16-6-8-19(9-7-16)26(27,28)29)24(33)14-31-25(20)18-5-3-4-17(10-18)13-30/h3-12H,14-15H2,1-2H3.